The fourth-order valence-corrected chi connectivity index (χ4v) is 0.186. The molecule has 0 rings (SSSR count). The molecule has 0 aliphatic heterocycles. The summed E-state index contributed by atoms with van der Waals surface area (Å²) in [5, 5.41) is 0. The van der Waals surface area contributed by atoms with E-state index in [4.69, 9.17) is 11.5 Å². The van der Waals surface area contributed by atoms with E-state index in [1.807, 2.05) is 13.8 Å². The smallest absolute Gasteiger partial charge is 0.00764 e. The van der Waals surface area contributed by atoms with Crippen LogP contribution in [0.5, 0.6) is 0 Å². The number of nitrogens with two attached hydrogens (primary N) is 2. The SMILES string of the molecule is [CH2]C(C)(CN)C(C)N. The van der Waals surface area contributed by atoms with Gasteiger partial charge in [0.15, 0.2) is 0 Å². The molecule has 0 aromatic carbocycles. The van der Waals surface area contributed by atoms with Gasteiger partial charge in [-0.15, -0.1) is 0 Å². The maximum Gasteiger partial charge on any atom is 0.00764 e. The van der Waals surface area contributed by atoms with E-state index in [0.29, 0.717) is 6.54 Å². The van der Waals surface area contributed by atoms with Gasteiger partial charge in [0.2, 0.25) is 0 Å². The molecule has 0 aromatic heterocycles. The van der Waals surface area contributed by atoms with Crippen LogP contribution in [0.25, 0.3) is 0 Å². The van der Waals surface area contributed by atoms with Gasteiger partial charge in [0, 0.05) is 6.04 Å². The van der Waals surface area contributed by atoms with E-state index in [9.17, 15) is 0 Å². The van der Waals surface area contributed by atoms with Crippen LogP contribution in [0.4, 0.5) is 0 Å². The van der Waals surface area contributed by atoms with Crippen LogP contribution in [0.1, 0.15) is 13.8 Å². The average molecular weight is 115 g/mol. The molecule has 2 atom stereocenters. The predicted molar refractivity (Wildman–Crippen MR) is 36.2 cm³/mol. The molecule has 2 heteroatoms. The van der Waals surface area contributed by atoms with Crippen molar-refractivity contribution in [2.45, 2.75) is 19.9 Å². The first-order chi connectivity index (χ1) is 3.50. The van der Waals surface area contributed by atoms with Gasteiger partial charge in [-0.3, -0.25) is 0 Å². The summed E-state index contributed by atoms with van der Waals surface area (Å²) in [5.74, 6) is 0. The summed E-state index contributed by atoms with van der Waals surface area (Å²) in [5.41, 5.74) is 10.8. The molecule has 0 saturated carbocycles. The van der Waals surface area contributed by atoms with Crippen molar-refractivity contribution in [2.75, 3.05) is 6.54 Å². The van der Waals surface area contributed by atoms with Crippen LogP contribution in [0, 0.1) is 12.3 Å². The number of rotatable bonds is 2. The van der Waals surface area contributed by atoms with Crippen molar-refractivity contribution in [1.29, 1.82) is 0 Å². The molecule has 2 nitrogen and oxygen atoms in total. The molecule has 0 aliphatic rings. The summed E-state index contributed by atoms with van der Waals surface area (Å²) in [6.07, 6.45) is 0. The van der Waals surface area contributed by atoms with Crippen LogP contribution in [-0.2, 0) is 0 Å². The van der Waals surface area contributed by atoms with E-state index in [0.717, 1.165) is 0 Å². The van der Waals surface area contributed by atoms with Crippen molar-refractivity contribution in [3.63, 3.8) is 0 Å². The summed E-state index contributed by atoms with van der Waals surface area (Å²) >= 11 is 0. The average Bonchev–Trinajstić information content (AvgIpc) is 1.67. The third-order valence-electron chi connectivity index (χ3n) is 1.57. The van der Waals surface area contributed by atoms with Crippen LogP contribution in [-0.4, -0.2) is 12.6 Å². The highest BCUT2D eigenvalue weighted by atomic mass is 14.7. The molecule has 0 saturated heterocycles. The highest BCUT2D eigenvalue weighted by Crippen LogP contribution is 2.14. The van der Waals surface area contributed by atoms with Crippen molar-refractivity contribution < 1.29 is 0 Å². The van der Waals surface area contributed by atoms with Gasteiger partial charge < -0.3 is 11.5 Å². The Hall–Kier alpha value is -0.0800. The zero-order valence-electron chi connectivity index (χ0n) is 5.65. The molecule has 0 amide bonds. The zero-order chi connectivity index (χ0) is 6.78. The third kappa shape index (κ3) is 1.80. The van der Waals surface area contributed by atoms with E-state index >= 15 is 0 Å². The number of hydrogen-bond donors (Lipinski definition) is 2. The van der Waals surface area contributed by atoms with Gasteiger partial charge in [0.25, 0.3) is 0 Å². The largest absolute Gasteiger partial charge is 0.330 e. The van der Waals surface area contributed by atoms with Gasteiger partial charge in [0.1, 0.15) is 0 Å². The molecule has 1 radical (unpaired) electrons. The Bertz CT molecular complexity index is 66.9. The molecule has 8 heavy (non-hydrogen) atoms. The molecule has 0 fully saturated rings. The standard InChI is InChI=1S/C6H15N2/c1-5(8)6(2,3)4-7/h5H,2,4,7-8H2,1,3H3. The summed E-state index contributed by atoms with van der Waals surface area (Å²) in [6, 6.07) is 0.0764. The third-order valence-corrected chi connectivity index (χ3v) is 1.57. The molecule has 49 valence electrons. The van der Waals surface area contributed by atoms with Gasteiger partial charge in [0.05, 0.1) is 0 Å². The van der Waals surface area contributed by atoms with E-state index in [-0.39, 0.29) is 11.5 Å². The highest BCUT2D eigenvalue weighted by Gasteiger charge is 2.19. The van der Waals surface area contributed by atoms with Crippen LogP contribution in [0.2, 0.25) is 0 Å². The fourth-order valence-electron chi connectivity index (χ4n) is 0.186. The van der Waals surface area contributed by atoms with E-state index in [1.165, 1.54) is 0 Å². The second-order valence-corrected chi connectivity index (χ2v) is 2.65. The lowest BCUT2D eigenvalue weighted by molar-refractivity contribution is 0.361. The first-order valence-corrected chi connectivity index (χ1v) is 2.81. The van der Waals surface area contributed by atoms with Crippen molar-refractivity contribution in [3.8, 4) is 0 Å². The predicted octanol–water partition coefficient (Wildman–Crippen LogP) is 0.133. The normalized spacial score (nSPS) is 16.1. The zero-order valence-corrected chi connectivity index (χ0v) is 5.65. The summed E-state index contributed by atoms with van der Waals surface area (Å²) < 4.78 is 0. The molecule has 0 aromatic rings. The Labute approximate surface area is 51.2 Å². The number of hydrogen-bond acceptors (Lipinski definition) is 2. The first kappa shape index (κ1) is 7.92. The quantitative estimate of drug-likeness (QED) is 0.537. The minimum Gasteiger partial charge on any atom is -0.330 e. The van der Waals surface area contributed by atoms with Crippen LogP contribution in [0.15, 0.2) is 0 Å². The lowest BCUT2D eigenvalue weighted by Crippen LogP contribution is -2.40. The molecule has 4 N–H and O–H groups in total. The van der Waals surface area contributed by atoms with Gasteiger partial charge in [-0.05, 0) is 25.8 Å². The Kier molecular flexibility index (Phi) is 2.44. The van der Waals surface area contributed by atoms with Crippen LogP contribution >= 0.6 is 0 Å². The topological polar surface area (TPSA) is 52.0 Å². The molecule has 2 unspecified atom stereocenters. The second-order valence-electron chi connectivity index (χ2n) is 2.65. The Morgan fingerprint density at radius 3 is 2.12 bits per heavy atom. The van der Waals surface area contributed by atoms with Gasteiger partial charge in [-0.2, -0.15) is 0 Å². The van der Waals surface area contributed by atoms with Crippen LogP contribution in [0.3, 0.4) is 0 Å². The minimum atomic E-state index is -0.153. The molecular formula is C6H15N2. The molecule has 0 spiro atoms. The Balaban J connectivity index is 3.71. The van der Waals surface area contributed by atoms with Crippen LogP contribution < -0.4 is 11.5 Å². The fraction of sp³-hybridized carbons (Fsp3) is 0.833. The van der Waals surface area contributed by atoms with Crippen molar-refractivity contribution in [3.05, 3.63) is 6.92 Å². The van der Waals surface area contributed by atoms with Crippen molar-refractivity contribution in [2.24, 2.45) is 16.9 Å². The van der Waals surface area contributed by atoms with Gasteiger partial charge in [-0.25, -0.2) is 0 Å². The second kappa shape index (κ2) is 2.46. The summed E-state index contributed by atoms with van der Waals surface area (Å²) in [4.78, 5) is 0. The Morgan fingerprint density at radius 2 is 2.12 bits per heavy atom. The highest BCUT2D eigenvalue weighted by molar-refractivity contribution is 4.85. The molecule has 0 aliphatic carbocycles. The molecule has 0 heterocycles. The molecule has 0 bridgehead atoms. The summed E-state index contributed by atoms with van der Waals surface area (Å²) in [6.45, 7) is 8.26. The first-order valence-electron chi connectivity index (χ1n) is 2.81. The van der Waals surface area contributed by atoms with Gasteiger partial charge >= 0.3 is 0 Å². The minimum absolute atomic E-state index is 0.0764. The van der Waals surface area contributed by atoms with E-state index < -0.39 is 0 Å². The Morgan fingerprint density at radius 1 is 1.75 bits per heavy atom. The lowest BCUT2D eigenvalue weighted by atomic mass is 9.86. The monoisotopic (exact) mass is 115 g/mol. The summed E-state index contributed by atoms with van der Waals surface area (Å²) in [7, 11) is 0. The maximum absolute atomic E-state index is 5.54. The van der Waals surface area contributed by atoms with E-state index in [1.54, 1.807) is 0 Å². The molecular weight excluding hydrogens is 100 g/mol. The maximum atomic E-state index is 5.54. The van der Waals surface area contributed by atoms with Crippen molar-refractivity contribution in [1.82, 2.24) is 0 Å². The van der Waals surface area contributed by atoms with Crippen molar-refractivity contribution >= 4 is 0 Å². The van der Waals surface area contributed by atoms with Gasteiger partial charge in [-0.1, -0.05) is 6.92 Å². The van der Waals surface area contributed by atoms with E-state index in [2.05, 4.69) is 6.92 Å². The lowest BCUT2D eigenvalue weighted by Gasteiger charge is -2.26.